The van der Waals surface area contributed by atoms with E-state index in [2.05, 4.69) is 6.92 Å². The predicted octanol–water partition coefficient (Wildman–Crippen LogP) is 2.29. The van der Waals surface area contributed by atoms with Crippen molar-refractivity contribution in [1.82, 2.24) is 0 Å². The molecule has 1 rings (SSSR count). The van der Waals surface area contributed by atoms with E-state index in [9.17, 15) is 4.79 Å². The Morgan fingerprint density at radius 3 is 2.36 bits per heavy atom. The second-order valence-electron chi connectivity index (χ2n) is 3.72. The van der Waals surface area contributed by atoms with Crippen molar-refractivity contribution in [3.8, 4) is 0 Å². The summed E-state index contributed by atoms with van der Waals surface area (Å²) in [4.78, 5) is 10.3. The first-order valence-corrected chi connectivity index (χ1v) is 4.40. The van der Waals surface area contributed by atoms with Gasteiger partial charge in [-0.3, -0.25) is 4.79 Å². The summed E-state index contributed by atoms with van der Waals surface area (Å²) in [5.41, 5.74) is 0. The number of rotatable bonds is 2. The van der Waals surface area contributed by atoms with Gasteiger partial charge in [-0.15, -0.1) is 0 Å². The molecule has 0 saturated heterocycles. The monoisotopic (exact) mass is 156 g/mol. The summed E-state index contributed by atoms with van der Waals surface area (Å²) in [6.07, 6.45) is 5.06. The summed E-state index contributed by atoms with van der Waals surface area (Å²) >= 11 is 0. The van der Waals surface area contributed by atoms with E-state index in [4.69, 9.17) is 5.11 Å². The summed E-state index contributed by atoms with van der Waals surface area (Å²) in [5, 5.41) is 8.53. The Morgan fingerprint density at radius 2 is 1.91 bits per heavy atom. The van der Waals surface area contributed by atoms with Gasteiger partial charge in [-0.25, -0.2) is 0 Å². The molecule has 1 aliphatic rings. The minimum Gasteiger partial charge on any atom is -0.481 e. The van der Waals surface area contributed by atoms with Crippen molar-refractivity contribution >= 4 is 5.97 Å². The molecule has 0 atom stereocenters. The van der Waals surface area contributed by atoms with E-state index >= 15 is 0 Å². The number of carboxylic acid groups (broad SMARTS) is 1. The van der Waals surface area contributed by atoms with Crippen LogP contribution in [-0.2, 0) is 4.79 Å². The predicted molar refractivity (Wildman–Crippen MR) is 43.4 cm³/mol. The topological polar surface area (TPSA) is 37.3 Å². The van der Waals surface area contributed by atoms with Crippen LogP contribution in [0.25, 0.3) is 0 Å². The zero-order valence-corrected chi connectivity index (χ0v) is 7.05. The number of hydrogen-bond acceptors (Lipinski definition) is 1. The lowest BCUT2D eigenvalue weighted by Crippen LogP contribution is -2.15. The van der Waals surface area contributed by atoms with Crippen molar-refractivity contribution < 1.29 is 9.90 Å². The van der Waals surface area contributed by atoms with Gasteiger partial charge in [-0.1, -0.05) is 19.8 Å². The highest BCUT2D eigenvalue weighted by atomic mass is 16.4. The van der Waals surface area contributed by atoms with E-state index in [1.807, 2.05) is 0 Å². The average molecular weight is 156 g/mol. The molecule has 64 valence electrons. The van der Waals surface area contributed by atoms with Crippen molar-refractivity contribution in [3.63, 3.8) is 0 Å². The Labute approximate surface area is 67.6 Å². The maximum absolute atomic E-state index is 10.3. The van der Waals surface area contributed by atoms with Gasteiger partial charge >= 0.3 is 5.97 Å². The van der Waals surface area contributed by atoms with E-state index in [0.29, 0.717) is 12.3 Å². The maximum atomic E-state index is 10.3. The number of hydrogen-bond donors (Lipinski definition) is 1. The largest absolute Gasteiger partial charge is 0.481 e. The SMILES string of the molecule is C[C@H]1CC[C@H](CC(=O)O)CC1. The Morgan fingerprint density at radius 1 is 1.36 bits per heavy atom. The third-order valence-electron chi connectivity index (χ3n) is 2.60. The van der Waals surface area contributed by atoms with E-state index < -0.39 is 5.97 Å². The standard InChI is InChI=1S/C9H16O2/c1-7-2-4-8(5-3-7)6-9(10)11/h7-8H,2-6H2,1H3,(H,10,11)/t7-,8-. The minimum absolute atomic E-state index is 0.382. The first-order valence-electron chi connectivity index (χ1n) is 4.40. The van der Waals surface area contributed by atoms with Crippen LogP contribution in [0.1, 0.15) is 39.0 Å². The normalized spacial score (nSPS) is 31.7. The zero-order chi connectivity index (χ0) is 8.27. The third-order valence-corrected chi connectivity index (χ3v) is 2.60. The van der Waals surface area contributed by atoms with Crippen LogP contribution in [-0.4, -0.2) is 11.1 Å². The molecule has 0 amide bonds. The zero-order valence-electron chi connectivity index (χ0n) is 7.05. The van der Waals surface area contributed by atoms with Crippen LogP contribution >= 0.6 is 0 Å². The molecular formula is C9H16O2. The van der Waals surface area contributed by atoms with Gasteiger partial charge in [0, 0.05) is 6.42 Å². The summed E-state index contributed by atoms with van der Waals surface area (Å²) in [6.45, 7) is 2.25. The van der Waals surface area contributed by atoms with Crippen LogP contribution in [0.3, 0.4) is 0 Å². The molecule has 0 aromatic carbocycles. The van der Waals surface area contributed by atoms with Crippen molar-refractivity contribution in [2.45, 2.75) is 39.0 Å². The number of aliphatic carboxylic acids is 1. The van der Waals surface area contributed by atoms with Gasteiger partial charge in [0.05, 0.1) is 0 Å². The molecule has 1 fully saturated rings. The van der Waals surface area contributed by atoms with Crippen LogP contribution < -0.4 is 0 Å². The third kappa shape index (κ3) is 2.91. The van der Waals surface area contributed by atoms with E-state index in [-0.39, 0.29) is 0 Å². The summed E-state index contributed by atoms with van der Waals surface area (Å²) in [5.74, 6) is 0.647. The molecule has 2 heteroatoms. The fourth-order valence-corrected chi connectivity index (χ4v) is 1.78. The van der Waals surface area contributed by atoms with Gasteiger partial charge in [0.25, 0.3) is 0 Å². The molecule has 0 unspecified atom stereocenters. The Balaban J connectivity index is 2.22. The van der Waals surface area contributed by atoms with Crippen molar-refractivity contribution in [3.05, 3.63) is 0 Å². The maximum Gasteiger partial charge on any atom is 0.303 e. The first-order chi connectivity index (χ1) is 5.18. The highest BCUT2D eigenvalue weighted by Gasteiger charge is 2.19. The fraction of sp³-hybridized carbons (Fsp3) is 0.889. The molecule has 1 saturated carbocycles. The summed E-state index contributed by atoms with van der Waals surface area (Å²) in [6, 6.07) is 0. The smallest absolute Gasteiger partial charge is 0.303 e. The molecule has 0 aliphatic heterocycles. The van der Waals surface area contributed by atoms with E-state index in [1.54, 1.807) is 0 Å². The lowest BCUT2D eigenvalue weighted by Gasteiger charge is -2.24. The fourth-order valence-electron chi connectivity index (χ4n) is 1.78. The van der Waals surface area contributed by atoms with Gasteiger partial charge in [-0.05, 0) is 24.7 Å². The van der Waals surface area contributed by atoms with E-state index in [1.165, 1.54) is 12.8 Å². The molecule has 0 spiro atoms. The molecule has 0 aromatic rings. The lowest BCUT2D eigenvalue weighted by atomic mass is 9.81. The average Bonchev–Trinajstić information content (AvgIpc) is 1.93. The highest BCUT2D eigenvalue weighted by molar-refractivity contribution is 5.67. The molecule has 0 bridgehead atoms. The van der Waals surface area contributed by atoms with Crippen LogP contribution in [0.4, 0.5) is 0 Å². The van der Waals surface area contributed by atoms with Gasteiger partial charge in [0.1, 0.15) is 0 Å². The van der Waals surface area contributed by atoms with Crippen molar-refractivity contribution in [2.24, 2.45) is 11.8 Å². The molecule has 11 heavy (non-hydrogen) atoms. The highest BCUT2D eigenvalue weighted by Crippen LogP contribution is 2.29. The molecule has 0 radical (unpaired) electrons. The van der Waals surface area contributed by atoms with Gasteiger partial charge < -0.3 is 5.11 Å². The minimum atomic E-state index is -0.635. The molecule has 1 aliphatic carbocycles. The Bertz CT molecular complexity index is 134. The molecule has 0 aromatic heterocycles. The van der Waals surface area contributed by atoms with E-state index in [0.717, 1.165) is 18.8 Å². The molecule has 2 nitrogen and oxygen atoms in total. The number of carboxylic acids is 1. The molecule has 0 heterocycles. The van der Waals surface area contributed by atoms with Crippen LogP contribution in [0, 0.1) is 11.8 Å². The van der Waals surface area contributed by atoms with Gasteiger partial charge in [0.15, 0.2) is 0 Å². The lowest BCUT2D eigenvalue weighted by molar-refractivity contribution is -0.138. The Kier molecular flexibility index (Phi) is 2.92. The second-order valence-corrected chi connectivity index (χ2v) is 3.72. The summed E-state index contributed by atoms with van der Waals surface area (Å²) in [7, 11) is 0. The van der Waals surface area contributed by atoms with Gasteiger partial charge in [-0.2, -0.15) is 0 Å². The molecular weight excluding hydrogens is 140 g/mol. The van der Waals surface area contributed by atoms with Crippen LogP contribution in [0.15, 0.2) is 0 Å². The van der Waals surface area contributed by atoms with Crippen molar-refractivity contribution in [2.75, 3.05) is 0 Å². The molecule has 1 N–H and O–H groups in total. The number of carbonyl (C=O) groups is 1. The second kappa shape index (κ2) is 3.74. The van der Waals surface area contributed by atoms with Crippen molar-refractivity contribution in [1.29, 1.82) is 0 Å². The Hall–Kier alpha value is -0.530. The summed E-state index contributed by atoms with van der Waals surface area (Å²) < 4.78 is 0. The first kappa shape index (κ1) is 8.57. The van der Waals surface area contributed by atoms with Gasteiger partial charge in [0.2, 0.25) is 0 Å². The van der Waals surface area contributed by atoms with Crippen LogP contribution in [0.2, 0.25) is 0 Å². The van der Waals surface area contributed by atoms with Crippen LogP contribution in [0.5, 0.6) is 0 Å². The quantitative estimate of drug-likeness (QED) is 0.666.